The number of aromatic amines is 1. The van der Waals surface area contributed by atoms with Crippen molar-refractivity contribution < 1.29 is 9.90 Å². The molecule has 1 atom stereocenters. The van der Waals surface area contributed by atoms with Crippen LogP contribution in [0.4, 0.5) is 0 Å². The Labute approximate surface area is 85.9 Å². The fraction of sp³-hybridized carbons (Fsp3) is 0.200. The number of aromatic nitrogens is 2. The van der Waals surface area contributed by atoms with Crippen LogP contribution in [0, 0.1) is 0 Å². The molecule has 5 heteroatoms. The van der Waals surface area contributed by atoms with E-state index in [4.69, 9.17) is 10.8 Å². The molecule has 2 rings (SSSR count). The summed E-state index contributed by atoms with van der Waals surface area (Å²) >= 11 is 0. The van der Waals surface area contributed by atoms with Crippen LogP contribution in [0.2, 0.25) is 0 Å². The highest BCUT2D eigenvalue weighted by Crippen LogP contribution is 2.13. The number of carboxylic acid groups (broad SMARTS) is 1. The summed E-state index contributed by atoms with van der Waals surface area (Å²) in [7, 11) is 0. The first-order chi connectivity index (χ1) is 7.16. The van der Waals surface area contributed by atoms with Crippen molar-refractivity contribution >= 4 is 16.9 Å². The third-order valence-corrected chi connectivity index (χ3v) is 2.28. The molecule has 0 aliphatic rings. The molecule has 0 aliphatic heterocycles. The summed E-state index contributed by atoms with van der Waals surface area (Å²) in [6.07, 6.45) is 2.03. The molecule has 15 heavy (non-hydrogen) atoms. The lowest BCUT2D eigenvalue weighted by atomic mass is 10.1. The van der Waals surface area contributed by atoms with Gasteiger partial charge in [0.2, 0.25) is 0 Å². The number of nitrogens with one attached hydrogen (secondary N) is 1. The standard InChI is InChI=1S/C10H11N3O2/c11-8(10(14)15)4-6-1-2-9-7(3-6)5-12-13-9/h1-3,5,8H,4,11H2,(H,12,13)(H,14,15). The number of carbonyl (C=O) groups is 1. The summed E-state index contributed by atoms with van der Waals surface area (Å²) in [6.45, 7) is 0. The summed E-state index contributed by atoms with van der Waals surface area (Å²) < 4.78 is 0. The molecular formula is C10H11N3O2. The second kappa shape index (κ2) is 3.70. The highest BCUT2D eigenvalue weighted by atomic mass is 16.4. The predicted octanol–water partition coefficient (Wildman–Crippen LogP) is 0.517. The van der Waals surface area contributed by atoms with Crippen molar-refractivity contribution in [1.29, 1.82) is 0 Å². The number of fused-ring (bicyclic) bond motifs is 1. The quantitative estimate of drug-likeness (QED) is 0.681. The number of hydrogen-bond donors (Lipinski definition) is 3. The fourth-order valence-corrected chi connectivity index (χ4v) is 1.46. The van der Waals surface area contributed by atoms with E-state index in [0.29, 0.717) is 6.42 Å². The lowest BCUT2D eigenvalue weighted by Gasteiger charge is -2.05. The smallest absolute Gasteiger partial charge is 0.320 e. The lowest BCUT2D eigenvalue weighted by Crippen LogP contribution is -2.32. The van der Waals surface area contributed by atoms with Crippen LogP contribution in [-0.2, 0) is 11.2 Å². The Morgan fingerprint density at radius 3 is 3.13 bits per heavy atom. The van der Waals surface area contributed by atoms with Gasteiger partial charge in [0, 0.05) is 5.39 Å². The molecule has 5 nitrogen and oxygen atoms in total. The van der Waals surface area contributed by atoms with Gasteiger partial charge in [-0.05, 0) is 24.1 Å². The largest absolute Gasteiger partial charge is 0.480 e. The molecule has 1 unspecified atom stereocenters. The van der Waals surface area contributed by atoms with Crippen LogP contribution in [-0.4, -0.2) is 27.3 Å². The van der Waals surface area contributed by atoms with Crippen LogP contribution in [0.3, 0.4) is 0 Å². The Hall–Kier alpha value is -1.88. The number of nitrogens with zero attached hydrogens (tertiary/aromatic N) is 1. The molecule has 0 saturated heterocycles. The zero-order valence-electron chi connectivity index (χ0n) is 7.97. The monoisotopic (exact) mass is 205 g/mol. The summed E-state index contributed by atoms with van der Waals surface area (Å²) in [5.74, 6) is -0.984. The number of rotatable bonds is 3. The van der Waals surface area contributed by atoms with Crippen molar-refractivity contribution in [2.24, 2.45) is 5.73 Å². The Bertz CT molecular complexity index is 492. The first-order valence-corrected chi connectivity index (χ1v) is 4.57. The first kappa shape index (κ1) is 9.67. The topological polar surface area (TPSA) is 92.0 Å². The van der Waals surface area contributed by atoms with E-state index in [0.717, 1.165) is 16.5 Å². The van der Waals surface area contributed by atoms with Crippen LogP contribution >= 0.6 is 0 Å². The summed E-state index contributed by atoms with van der Waals surface area (Å²) in [5, 5.41) is 16.3. The van der Waals surface area contributed by atoms with Gasteiger partial charge in [-0.15, -0.1) is 0 Å². The van der Waals surface area contributed by atoms with Crippen LogP contribution < -0.4 is 5.73 Å². The average Bonchev–Trinajstić information content (AvgIpc) is 2.64. The molecule has 0 aliphatic carbocycles. The predicted molar refractivity (Wildman–Crippen MR) is 55.4 cm³/mol. The van der Waals surface area contributed by atoms with Crippen LogP contribution in [0.5, 0.6) is 0 Å². The van der Waals surface area contributed by atoms with Crippen molar-refractivity contribution in [2.45, 2.75) is 12.5 Å². The number of H-pyrrole nitrogens is 1. The highest BCUT2D eigenvalue weighted by Gasteiger charge is 2.12. The molecule has 1 aromatic carbocycles. The summed E-state index contributed by atoms with van der Waals surface area (Å²) in [4.78, 5) is 10.6. The van der Waals surface area contributed by atoms with Gasteiger partial charge in [-0.2, -0.15) is 5.10 Å². The Morgan fingerprint density at radius 1 is 1.60 bits per heavy atom. The fourth-order valence-electron chi connectivity index (χ4n) is 1.46. The molecule has 4 N–H and O–H groups in total. The molecule has 1 aromatic heterocycles. The van der Waals surface area contributed by atoms with Gasteiger partial charge in [0.15, 0.2) is 0 Å². The normalized spacial score (nSPS) is 12.9. The van der Waals surface area contributed by atoms with Gasteiger partial charge in [-0.1, -0.05) is 6.07 Å². The number of benzene rings is 1. The maximum atomic E-state index is 10.6. The SMILES string of the molecule is NC(Cc1ccc2[nH]ncc2c1)C(=O)O. The van der Waals surface area contributed by atoms with Crippen molar-refractivity contribution in [3.8, 4) is 0 Å². The number of hydrogen-bond acceptors (Lipinski definition) is 3. The van der Waals surface area contributed by atoms with Gasteiger partial charge in [0.25, 0.3) is 0 Å². The second-order valence-corrected chi connectivity index (χ2v) is 3.44. The molecule has 0 saturated carbocycles. The Balaban J connectivity index is 2.24. The number of aliphatic carboxylic acids is 1. The molecule has 2 aromatic rings. The summed E-state index contributed by atoms with van der Waals surface area (Å²) in [6, 6.07) is 4.76. The minimum Gasteiger partial charge on any atom is -0.480 e. The zero-order valence-corrected chi connectivity index (χ0v) is 7.97. The maximum absolute atomic E-state index is 10.6. The lowest BCUT2D eigenvalue weighted by molar-refractivity contribution is -0.138. The van der Waals surface area contributed by atoms with Gasteiger partial charge in [0.05, 0.1) is 11.7 Å². The minimum absolute atomic E-state index is 0.330. The van der Waals surface area contributed by atoms with Crippen molar-refractivity contribution in [2.75, 3.05) is 0 Å². The molecule has 0 spiro atoms. The van der Waals surface area contributed by atoms with Gasteiger partial charge in [-0.3, -0.25) is 9.89 Å². The van der Waals surface area contributed by atoms with Gasteiger partial charge in [-0.25, -0.2) is 0 Å². The van der Waals surface area contributed by atoms with Crippen molar-refractivity contribution in [3.05, 3.63) is 30.0 Å². The van der Waals surface area contributed by atoms with Crippen molar-refractivity contribution in [3.63, 3.8) is 0 Å². The van der Waals surface area contributed by atoms with E-state index in [1.54, 1.807) is 6.20 Å². The molecule has 0 radical (unpaired) electrons. The Morgan fingerprint density at radius 2 is 2.40 bits per heavy atom. The minimum atomic E-state index is -0.984. The highest BCUT2D eigenvalue weighted by molar-refractivity contribution is 5.79. The molecule has 0 fully saturated rings. The maximum Gasteiger partial charge on any atom is 0.320 e. The summed E-state index contributed by atoms with van der Waals surface area (Å²) in [5.41, 5.74) is 7.28. The third kappa shape index (κ3) is 1.97. The van der Waals surface area contributed by atoms with E-state index in [-0.39, 0.29) is 0 Å². The van der Waals surface area contributed by atoms with E-state index in [2.05, 4.69) is 10.2 Å². The van der Waals surface area contributed by atoms with Crippen molar-refractivity contribution in [1.82, 2.24) is 10.2 Å². The van der Waals surface area contributed by atoms with E-state index < -0.39 is 12.0 Å². The molecular weight excluding hydrogens is 194 g/mol. The average molecular weight is 205 g/mol. The molecule has 0 amide bonds. The molecule has 1 heterocycles. The van der Waals surface area contributed by atoms with E-state index in [1.165, 1.54) is 0 Å². The molecule has 0 bridgehead atoms. The van der Waals surface area contributed by atoms with Gasteiger partial charge in [0.1, 0.15) is 6.04 Å². The Kier molecular flexibility index (Phi) is 2.39. The van der Waals surface area contributed by atoms with Crippen LogP contribution in [0.1, 0.15) is 5.56 Å². The zero-order chi connectivity index (χ0) is 10.8. The number of carboxylic acids is 1. The first-order valence-electron chi connectivity index (χ1n) is 4.57. The third-order valence-electron chi connectivity index (χ3n) is 2.28. The van der Waals surface area contributed by atoms with E-state index in [1.807, 2.05) is 18.2 Å². The van der Waals surface area contributed by atoms with Gasteiger partial charge >= 0.3 is 5.97 Å². The van der Waals surface area contributed by atoms with E-state index >= 15 is 0 Å². The van der Waals surface area contributed by atoms with Crippen LogP contribution in [0.15, 0.2) is 24.4 Å². The van der Waals surface area contributed by atoms with E-state index in [9.17, 15) is 4.79 Å². The van der Waals surface area contributed by atoms with Gasteiger partial charge < -0.3 is 10.8 Å². The van der Waals surface area contributed by atoms with Crippen LogP contribution in [0.25, 0.3) is 10.9 Å². The number of nitrogens with two attached hydrogens (primary N) is 1. The molecule has 78 valence electrons. The second-order valence-electron chi connectivity index (χ2n) is 3.44.